The maximum Gasteiger partial charge on any atom is 0.0566 e. The van der Waals surface area contributed by atoms with E-state index >= 15 is 0 Å². The van der Waals surface area contributed by atoms with Crippen molar-refractivity contribution in [2.24, 2.45) is 5.41 Å². The van der Waals surface area contributed by atoms with Gasteiger partial charge in [0.05, 0.1) is 19.8 Å². The lowest BCUT2D eigenvalue weighted by Crippen LogP contribution is -2.45. The van der Waals surface area contributed by atoms with Crippen LogP contribution in [0, 0.1) is 5.41 Å². The van der Waals surface area contributed by atoms with Gasteiger partial charge in [-0.25, -0.2) is 0 Å². The fraction of sp³-hybridized carbons (Fsp3) is 1.00. The third kappa shape index (κ3) is 3.25. The summed E-state index contributed by atoms with van der Waals surface area (Å²) >= 11 is 0. The van der Waals surface area contributed by atoms with Gasteiger partial charge >= 0.3 is 0 Å². The molecule has 0 bridgehead atoms. The molecular weight excluding hydrogens is 168 g/mol. The molecule has 1 heterocycles. The molecule has 3 heteroatoms. The predicted molar refractivity (Wildman–Crippen MR) is 50.7 cm³/mol. The molecular formula is C10H20O3. The van der Waals surface area contributed by atoms with Gasteiger partial charge in [0.25, 0.3) is 0 Å². The molecule has 0 aliphatic carbocycles. The largest absolute Gasteiger partial charge is 0.396 e. The number of aliphatic hydroxyl groups is 1. The summed E-state index contributed by atoms with van der Waals surface area (Å²) in [6.45, 7) is 5.73. The first kappa shape index (κ1) is 11.0. The van der Waals surface area contributed by atoms with E-state index in [1.54, 1.807) is 0 Å². The van der Waals surface area contributed by atoms with E-state index < -0.39 is 0 Å². The van der Waals surface area contributed by atoms with Gasteiger partial charge in [0.15, 0.2) is 0 Å². The molecule has 1 N–H and O–H groups in total. The van der Waals surface area contributed by atoms with Crippen LogP contribution in [0.2, 0.25) is 0 Å². The van der Waals surface area contributed by atoms with Crippen molar-refractivity contribution in [2.75, 3.05) is 33.0 Å². The monoisotopic (exact) mass is 188 g/mol. The van der Waals surface area contributed by atoms with Gasteiger partial charge in [-0.1, -0.05) is 6.92 Å². The maximum absolute atomic E-state index is 8.55. The van der Waals surface area contributed by atoms with Crippen molar-refractivity contribution in [1.82, 2.24) is 0 Å². The van der Waals surface area contributed by atoms with Gasteiger partial charge in [-0.3, -0.25) is 0 Å². The highest BCUT2D eigenvalue weighted by molar-refractivity contribution is 4.83. The molecule has 0 aromatic rings. The van der Waals surface area contributed by atoms with Crippen molar-refractivity contribution in [2.45, 2.75) is 26.2 Å². The van der Waals surface area contributed by atoms with E-state index in [2.05, 4.69) is 6.92 Å². The van der Waals surface area contributed by atoms with Crippen LogP contribution in [-0.2, 0) is 9.47 Å². The number of rotatable bonds is 7. The minimum atomic E-state index is 0.269. The second kappa shape index (κ2) is 5.58. The van der Waals surface area contributed by atoms with Crippen molar-refractivity contribution < 1.29 is 14.6 Å². The Morgan fingerprint density at radius 1 is 1.38 bits per heavy atom. The van der Waals surface area contributed by atoms with Crippen molar-refractivity contribution in [3.05, 3.63) is 0 Å². The van der Waals surface area contributed by atoms with Crippen LogP contribution < -0.4 is 0 Å². The Balaban J connectivity index is 1.98. The van der Waals surface area contributed by atoms with E-state index in [1.807, 2.05) is 0 Å². The van der Waals surface area contributed by atoms with Gasteiger partial charge in [0.1, 0.15) is 0 Å². The van der Waals surface area contributed by atoms with Gasteiger partial charge in [-0.2, -0.15) is 0 Å². The highest BCUT2D eigenvalue weighted by Crippen LogP contribution is 2.31. The molecule has 1 aliphatic heterocycles. The van der Waals surface area contributed by atoms with Crippen LogP contribution in [0.15, 0.2) is 0 Å². The number of unbranched alkanes of at least 4 members (excludes halogenated alkanes) is 1. The van der Waals surface area contributed by atoms with E-state index in [0.717, 1.165) is 45.7 Å². The molecule has 0 radical (unpaired) electrons. The van der Waals surface area contributed by atoms with Gasteiger partial charge in [0.2, 0.25) is 0 Å². The minimum absolute atomic E-state index is 0.269. The third-order valence-electron chi connectivity index (χ3n) is 2.67. The molecule has 78 valence electrons. The van der Waals surface area contributed by atoms with Crippen molar-refractivity contribution in [1.29, 1.82) is 0 Å². The molecule has 0 amide bonds. The summed E-state index contributed by atoms with van der Waals surface area (Å²) in [5.74, 6) is 0. The fourth-order valence-corrected chi connectivity index (χ4v) is 1.38. The van der Waals surface area contributed by atoms with Crippen LogP contribution in [0.4, 0.5) is 0 Å². The van der Waals surface area contributed by atoms with E-state index in [1.165, 1.54) is 0 Å². The zero-order valence-electron chi connectivity index (χ0n) is 8.42. The smallest absolute Gasteiger partial charge is 0.0566 e. The maximum atomic E-state index is 8.55. The number of ether oxygens (including phenoxy) is 2. The van der Waals surface area contributed by atoms with Crippen molar-refractivity contribution in [3.63, 3.8) is 0 Å². The molecule has 1 fully saturated rings. The molecule has 0 unspecified atom stereocenters. The molecule has 0 aromatic carbocycles. The Bertz CT molecular complexity index is 127. The van der Waals surface area contributed by atoms with E-state index in [-0.39, 0.29) is 6.61 Å². The molecule has 0 saturated carbocycles. The lowest BCUT2D eigenvalue weighted by molar-refractivity contribution is -0.150. The lowest BCUT2D eigenvalue weighted by atomic mass is 9.84. The summed E-state index contributed by atoms with van der Waals surface area (Å²) in [4.78, 5) is 0. The molecule has 1 aliphatic rings. The zero-order chi connectivity index (χ0) is 9.57. The van der Waals surface area contributed by atoms with Crippen LogP contribution in [0.1, 0.15) is 26.2 Å². The SMILES string of the molecule is CCC1(COCCCCO)COC1. The number of hydrogen-bond donors (Lipinski definition) is 1. The third-order valence-corrected chi connectivity index (χ3v) is 2.67. The van der Waals surface area contributed by atoms with Crippen LogP contribution in [0.25, 0.3) is 0 Å². The van der Waals surface area contributed by atoms with Crippen LogP contribution in [0.3, 0.4) is 0 Å². The first-order chi connectivity index (χ1) is 6.33. The van der Waals surface area contributed by atoms with Crippen LogP contribution in [0.5, 0.6) is 0 Å². The average Bonchev–Trinajstić information content (AvgIpc) is 2.09. The van der Waals surface area contributed by atoms with Gasteiger partial charge in [0, 0.05) is 18.6 Å². The van der Waals surface area contributed by atoms with Crippen LogP contribution >= 0.6 is 0 Å². The van der Waals surface area contributed by atoms with E-state index in [4.69, 9.17) is 14.6 Å². The number of hydrogen-bond acceptors (Lipinski definition) is 3. The van der Waals surface area contributed by atoms with Crippen LogP contribution in [-0.4, -0.2) is 38.1 Å². The normalized spacial score (nSPS) is 19.8. The summed E-state index contributed by atoms with van der Waals surface area (Å²) in [6.07, 6.45) is 2.93. The summed E-state index contributed by atoms with van der Waals surface area (Å²) in [6, 6.07) is 0. The summed E-state index contributed by atoms with van der Waals surface area (Å²) < 4.78 is 10.7. The lowest BCUT2D eigenvalue weighted by Gasteiger charge is -2.40. The predicted octanol–water partition coefficient (Wildman–Crippen LogP) is 1.20. The molecule has 0 atom stereocenters. The Morgan fingerprint density at radius 2 is 2.15 bits per heavy atom. The molecule has 1 rings (SSSR count). The zero-order valence-corrected chi connectivity index (χ0v) is 8.42. The topological polar surface area (TPSA) is 38.7 Å². The van der Waals surface area contributed by atoms with E-state index in [0.29, 0.717) is 5.41 Å². The fourth-order valence-electron chi connectivity index (χ4n) is 1.38. The first-order valence-electron chi connectivity index (χ1n) is 5.09. The Hall–Kier alpha value is -0.120. The average molecular weight is 188 g/mol. The first-order valence-corrected chi connectivity index (χ1v) is 5.09. The number of aliphatic hydroxyl groups excluding tert-OH is 1. The standard InChI is InChI=1S/C10H20O3/c1-2-10(8-13-9-10)7-12-6-4-3-5-11/h11H,2-9H2,1H3. The van der Waals surface area contributed by atoms with Gasteiger partial charge in [-0.15, -0.1) is 0 Å². The highest BCUT2D eigenvalue weighted by Gasteiger charge is 2.36. The van der Waals surface area contributed by atoms with Gasteiger partial charge < -0.3 is 14.6 Å². The molecule has 1 saturated heterocycles. The molecule has 3 nitrogen and oxygen atoms in total. The van der Waals surface area contributed by atoms with E-state index in [9.17, 15) is 0 Å². The highest BCUT2D eigenvalue weighted by atomic mass is 16.5. The van der Waals surface area contributed by atoms with Crippen molar-refractivity contribution >= 4 is 0 Å². The van der Waals surface area contributed by atoms with Gasteiger partial charge in [-0.05, 0) is 19.3 Å². The second-order valence-electron chi connectivity index (χ2n) is 3.83. The second-order valence-corrected chi connectivity index (χ2v) is 3.83. The molecule has 13 heavy (non-hydrogen) atoms. The summed E-state index contributed by atoms with van der Waals surface area (Å²) in [5.41, 5.74) is 0.305. The molecule has 0 aromatic heterocycles. The quantitative estimate of drug-likeness (QED) is 0.610. The van der Waals surface area contributed by atoms with Crippen molar-refractivity contribution in [3.8, 4) is 0 Å². The Kier molecular flexibility index (Phi) is 4.70. The summed E-state index contributed by atoms with van der Waals surface area (Å²) in [5, 5.41) is 8.55. The molecule has 0 spiro atoms. The Labute approximate surface area is 80.0 Å². The Morgan fingerprint density at radius 3 is 2.62 bits per heavy atom. The minimum Gasteiger partial charge on any atom is -0.396 e. The summed E-state index contributed by atoms with van der Waals surface area (Å²) in [7, 11) is 0.